The molecule has 0 radical (unpaired) electrons. The number of aryl methyl sites for hydroxylation is 1. The summed E-state index contributed by atoms with van der Waals surface area (Å²) in [5.41, 5.74) is 1.36. The van der Waals surface area contributed by atoms with Crippen molar-refractivity contribution in [2.75, 3.05) is 0 Å². The Labute approximate surface area is 93.0 Å². The summed E-state index contributed by atoms with van der Waals surface area (Å²) >= 11 is 1.69. The standard InChI is InChI=1S/C13H12OS/c1-10-7-12(14)9-13(15-10)8-11-5-3-2-4-6-11/h2-7,9H,8H2,1H3. The molecule has 1 aromatic carbocycles. The van der Waals surface area contributed by atoms with E-state index in [1.807, 2.05) is 25.1 Å². The van der Waals surface area contributed by atoms with Crippen molar-refractivity contribution in [1.29, 1.82) is 0 Å². The van der Waals surface area contributed by atoms with E-state index in [1.165, 1.54) is 5.56 Å². The van der Waals surface area contributed by atoms with Crippen LogP contribution in [-0.2, 0) is 6.42 Å². The first kappa shape index (κ1) is 10.1. The highest BCUT2D eigenvalue weighted by Gasteiger charge is 1.98. The van der Waals surface area contributed by atoms with E-state index in [9.17, 15) is 4.79 Å². The summed E-state index contributed by atoms with van der Waals surface area (Å²) in [7, 11) is 0. The summed E-state index contributed by atoms with van der Waals surface area (Å²) in [6.45, 7) is 1.97. The van der Waals surface area contributed by atoms with E-state index in [0.29, 0.717) is 0 Å². The van der Waals surface area contributed by atoms with Crippen LogP contribution in [-0.4, -0.2) is 0 Å². The molecular formula is C13H12OS. The number of hydrogen-bond acceptors (Lipinski definition) is 2. The Kier molecular flexibility index (Phi) is 2.97. The molecule has 2 heteroatoms. The number of hydrogen-bond donors (Lipinski definition) is 0. The van der Waals surface area contributed by atoms with Crippen LogP contribution in [0, 0.1) is 6.92 Å². The largest absolute Gasteiger partial charge is 0.290 e. The molecule has 0 aliphatic rings. The molecule has 0 atom stereocenters. The van der Waals surface area contributed by atoms with Gasteiger partial charge in [0, 0.05) is 16.2 Å². The second kappa shape index (κ2) is 4.41. The van der Waals surface area contributed by atoms with Gasteiger partial charge in [-0.25, -0.2) is 0 Å². The second-order valence-corrected chi connectivity index (χ2v) is 4.90. The average molecular weight is 216 g/mol. The van der Waals surface area contributed by atoms with E-state index < -0.39 is 0 Å². The molecule has 15 heavy (non-hydrogen) atoms. The highest BCUT2D eigenvalue weighted by molar-refractivity contribution is 7.11. The molecule has 0 bridgehead atoms. The zero-order valence-corrected chi connectivity index (χ0v) is 9.38. The third-order valence-electron chi connectivity index (χ3n) is 2.16. The molecule has 0 spiro atoms. The fraction of sp³-hybridized carbons (Fsp3) is 0.154. The summed E-state index contributed by atoms with van der Waals surface area (Å²) in [4.78, 5) is 13.5. The van der Waals surface area contributed by atoms with Crippen LogP contribution in [0.3, 0.4) is 0 Å². The fourth-order valence-electron chi connectivity index (χ4n) is 1.55. The van der Waals surface area contributed by atoms with Gasteiger partial charge in [-0.3, -0.25) is 4.79 Å². The molecule has 76 valence electrons. The summed E-state index contributed by atoms with van der Waals surface area (Å²) in [6, 6.07) is 13.6. The van der Waals surface area contributed by atoms with Gasteiger partial charge in [-0.1, -0.05) is 30.3 Å². The van der Waals surface area contributed by atoms with Crippen molar-refractivity contribution < 1.29 is 0 Å². The van der Waals surface area contributed by atoms with Crippen molar-refractivity contribution in [3.63, 3.8) is 0 Å². The summed E-state index contributed by atoms with van der Waals surface area (Å²) in [5.74, 6) is 0. The molecule has 0 saturated heterocycles. The van der Waals surface area contributed by atoms with Crippen molar-refractivity contribution in [2.45, 2.75) is 13.3 Å². The Morgan fingerprint density at radius 3 is 2.53 bits per heavy atom. The topological polar surface area (TPSA) is 17.1 Å². The maximum absolute atomic E-state index is 11.3. The molecule has 2 rings (SSSR count). The number of rotatable bonds is 2. The van der Waals surface area contributed by atoms with Crippen LogP contribution < -0.4 is 5.43 Å². The Morgan fingerprint density at radius 2 is 1.87 bits per heavy atom. The molecule has 2 aromatic rings. The van der Waals surface area contributed by atoms with Crippen LogP contribution in [0.15, 0.2) is 47.3 Å². The lowest BCUT2D eigenvalue weighted by Gasteiger charge is -2.01. The lowest BCUT2D eigenvalue weighted by atomic mass is 10.1. The average Bonchev–Trinajstić information content (AvgIpc) is 2.17. The van der Waals surface area contributed by atoms with Gasteiger partial charge in [-0.2, -0.15) is 0 Å². The van der Waals surface area contributed by atoms with Crippen LogP contribution in [0.2, 0.25) is 0 Å². The molecule has 1 nitrogen and oxygen atoms in total. The summed E-state index contributed by atoms with van der Waals surface area (Å²) in [6.07, 6.45) is 0.850. The highest BCUT2D eigenvalue weighted by atomic mass is 32.1. The molecule has 0 amide bonds. The predicted octanol–water partition coefficient (Wildman–Crippen LogP) is 3.01. The third-order valence-corrected chi connectivity index (χ3v) is 3.13. The molecule has 0 saturated carbocycles. The minimum absolute atomic E-state index is 0.109. The quantitative estimate of drug-likeness (QED) is 0.754. The van der Waals surface area contributed by atoms with Crippen LogP contribution in [0.5, 0.6) is 0 Å². The summed E-state index contributed by atoms with van der Waals surface area (Å²) in [5, 5.41) is 0. The second-order valence-electron chi connectivity index (χ2n) is 3.53. The van der Waals surface area contributed by atoms with E-state index >= 15 is 0 Å². The van der Waals surface area contributed by atoms with Gasteiger partial charge >= 0.3 is 0 Å². The maximum Gasteiger partial charge on any atom is 0.180 e. The third kappa shape index (κ3) is 2.77. The predicted molar refractivity (Wildman–Crippen MR) is 64.6 cm³/mol. The lowest BCUT2D eigenvalue weighted by Crippen LogP contribution is -1.99. The monoisotopic (exact) mass is 216 g/mol. The molecule has 0 aliphatic carbocycles. The number of benzene rings is 1. The van der Waals surface area contributed by atoms with Crippen molar-refractivity contribution in [1.82, 2.24) is 0 Å². The molecule has 0 aliphatic heterocycles. The van der Waals surface area contributed by atoms with Crippen LogP contribution in [0.25, 0.3) is 0 Å². The molecular weight excluding hydrogens is 204 g/mol. The highest BCUT2D eigenvalue weighted by Crippen LogP contribution is 2.14. The molecule has 0 fully saturated rings. The van der Waals surface area contributed by atoms with E-state index in [2.05, 4.69) is 12.1 Å². The minimum Gasteiger partial charge on any atom is -0.290 e. The first-order valence-electron chi connectivity index (χ1n) is 4.88. The Morgan fingerprint density at radius 1 is 1.13 bits per heavy atom. The van der Waals surface area contributed by atoms with Crippen molar-refractivity contribution in [3.8, 4) is 0 Å². The van der Waals surface area contributed by atoms with Gasteiger partial charge in [-0.15, -0.1) is 11.3 Å². The molecule has 0 unspecified atom stereocenters. The lowest BCUT2D eigenvalue weighted by molar-refractivity contribution is 1.23. The molecule has 1 heterocycles. The van der Waals surface area contributed by atoms with Crippen molar-refractivity contribution in [3.05, 3.63) is 68.0 Å². The van der Waals surface area contributed by atoms with Crippen LogP contribution in [0.4, 0.5) is 0 Å². The minimum atomic E-state index is 0.109. The summed E-state index contributed by atoms with van der Waals surface area (Å²) < 4.78 is 0. The van der Waals surface area contributed by atoms with E-state index in [-0.39, 0.29) is 5.43 Å². The molecule has 1 aromatic heterocycles. The van der Waals surface area contributed by atoms with Gasteiger partial charge < -0.3 is 0 Å². The van der Waals surface area contributed by atoms with Crippen molar-refractivity contribution in [2.24, 2.45) is 0 Å². The van der Waals surface area contributed by atoms with Gasteiger partial charge in [0.25, 0.3) is 0 Å². The van der Waals surface area contributed by atoms with Gasteiger partial charge in [0.1, 0.15) is 0 Å². The Bertz CT molecular complexity index is 499. The van der Waals surface area contributed by atoms with Gasteiger partial charge in [0.2, 0.25) is 0 Å². The maximum atomic E-state index is 11.3. The van der Waals surface area contributed by atoms with E-state index in [1.54, 1.807) is 23.5 Å². The first-order valence-corrected chi connectivity index (χ1v) is 5.70. The zero-order valence-electron chi connectivity index (χ0n) is 8.57. The Balaban J connectivity index is 2.29. The molecule has 0 N–H and O–H groups in total. The first-order chi connectivity index (χ1) is 7.24. The van der Waals surface area contributed by atoms with Gasteiger partial charge in [0.15, 0.2) is 5.43 Å². The van der Waals surface area contributed by atoms with Crippen LogP contribution in [0.1, 0.15) is 15.3 Å². The zero-order chi connectivity index (χ0) is 10.7. The van der Waals surface area contributed by atoms with E-state index in [4.69, 9.17) is 0 Å². The van der Waals surface area contributed by atoms with Crippen LogP contribution >= 0.6 is 11.3 Å². The van der Waals surface area contributed by atoms with Gasteiger partial charge in [0.05, 0.1) is 0 Å². The smallest absolute Gasteiger partial charge is 0.180 e. The van der Waals surface area contributed by atoms with E-state index in [0.717, 1.165) is 16.2 Å². The normalized spacial score (nSPS) is 10.2. The fourth-order valence-corrected chi connectivity index (χ4v) is 2.55. The SMILES string of the molecule is Cc1cc(=O)cc(Cc2ccccc2)s1. The Hall–Kier alpha value is -1.41. The van der Waals surface area contributed by atoms with Crippen molar-refractivity contribution >= 4 is 11.3 Å². The van der Waals surface area contributed by atoms with Gasteiger partial charge in [-0.05, 0) is 24.6 Å².